The molecule has 0 bridgehead atoms. The van der Waals surface area contributed by atoms with Crippen LogP contribution in [0.1, 0.15) is 23.7 Å². The lowest BCUT2D eigenvalue weighted by atomic mass is 10.1. The molecule has 0 aliphatic carbocycles. The van der Waals surface area contributed by atoms with E-state index in [0.29, 0.717) is 0 Å². The first-order valence-corrected chi connectivity index (χ1v) is 7.64. The van der Waals surface area contributed by atoms with Crippen molar-refractivity contribution in [1.29, 1.82) is 5.26 Å². The van der Waals surface area contributed by atoms with E-state index in [9.17, 15) is 10.1 Å². The predicted octanol–water partition coefficient (Wildman–Crippen LogP) is 2.88. The maximum Gasteiger partial charge on any atom is 0.262 e. The molecular formula is C19H19N3O2. The molecule has 0 saturated heterocycles. The number of ether oxygens (including phenoxy) is 1. The van der Waals surface area contributed by atoms with Gasteiger partial charge in [-0.1, -0.05) is 19.1 Å². The molecule has 2 rings (SSSR count). The second-order valence-corrected chi connectivity index (χ2v) is 5.10. The Balaban J connectivity index is 2.13. The Kier molecular flexibility index (Phi) is 6.09. The second-order valence-electron chi connectivity index (χ2n) is 5.10. The normalized spacial score (nSPS) is 10.8. The maximum absolute atomic E-state index is 12.2. The first-order chi connectivity index (χ1) is 11.7. The molecule has 0 fully saturated rings. The second kappa shape index (κ2) is 8.49. The SMILES string of the molecule is CCc1cc(/C=C(\C#N)C(=O)NCc2ccccn2)ccc1OC. The maximum atomic E-state index is 12.2. The zero-order chi connectivity index (χ0) is 17.4. The summed E-state index contributed by atoms with van der Waals surface area (Å²) in [5, 5.41) is 12.0. The molecule has 0 radical (unpaired) electrons. The predicted molar refractivity (Wildman–Crippen MR) is 92.0 cm³/mol. The first kappa shape index (κ1) is 17.2. The van der Waals surface area contributed by atoms with E-state index >= 15 is 0 Å². The van der Waals surface area contributed by atoms with E-state index in [2.05, 4.69) is 10.3 Å². The average molecular weight is 321 g/mol. The van der Waals surface area contributed by atoms with E-state index in [4.69, 9.17) is 4.74 Å². The number of carbonyl (C=O) groups is 1. The Hall–Kier alpha value is -3.13. The minimum absolute atomic E-state index is 0.0538. The van der Waals surface area contributed by atoms with Gasteiger partial charge in [0, 0.05) is 6.20 Å². The molecule has 1 aromatic heterocycles. The zero-order valence-electron chi connectivity index (χ0n) is 13.7. The topological polar surface area (TPSA) is 75.0 Å². The van der Waals surface area contributed by atoms with E-state index in [1.54, 1.807) is 25.4 Å². The van der Waals surface area contributed by atoms with Crippen LogP contribution in [0.2, 0.25) is 0 Å². The van der Waals surface area contributed by atoms with Gasteiger partial charge in [0.1, 0.15) is 17.4 Å². The van der Waals surface area contributed by atoms with Crippen molar-refractivity contribution in [3.05, 3.63) is 65.0 Å². The van der Waals surface area contributed by atoms with Crippen molar-refractivity contribution in [2.75, 3.05) is 7.11 Å². The lowest BCUT2D eigenvalue weighted by Crippen LogP contribution is -2.24. The highest BCUT2D eigenvalue weighted by molar-refractivity contribution is 6.01. The summed E-state index contributed by atoms with van der Waals surface area (Å²) in [7, 11) is 1.62. The van der Waals surface area contributed by atoms with Crippen molar-refractivity contribution in [3.63, 3.8) is 0 Å². The van der Waals surface area contributed by atoms with Crippen LogP contribution < -0.4 is 10.1 Å². The molecule has 0 saturated carbocycles. The van der Waals surface area contributed by atoms with Gasteiger partial charge < -0.3 is 10.1 Å². The summed E-state index contributed by atoms with van der Waals surface area (Å²) in [6.07, 6.45) is 4.04. The molecule has 2 aromatic rings. The van der Waals surface area contributed by atoms with Crippen molar-refractivity contribution in [2.45, 2.75) is 19.9 Å². The molecular weight excluding hydrogens is 302 g/mol. The number of nitrogens with zero attached hydrogens (tertiary/aromatic N) is 2. The van der Waals surface area contributed by atoms with E-state index in [1.807, 2.05) is 43.3 Å². The number of benzene rings is 1. The molecule has 0 aliphatic heterocycles. The fourth-order valence-corrected chi connectivity index (χ4v) is 2.25. The largest absolute Gasteiger partial charge is 0.496 e. The molecule has 0 unspecified atom stereocenters. The fraction of sp³-hybridized carbons (Fsp3) is 0.211. The quantitative estimate of drug-likeness (QED) is 0.656. The average Bonchev–Trinajstić information content (AvgIpc) is 2.64. The highest BCUT2D eigenvalue weighted by Gasteiger charge is 2.10. The third kappa shape index (κ3) is 4.43. The van der Waals surface area contributed by atoms with Gasteiger partial charge in [0.25, 0.3) is 5.91 Å². The van der Waals surface area contributed by atoms with Crippen LogP contribution in [0.15, 0.2) is 48.2 Å². The van der Waals surface area contributed by atoms with Crippen molar-refractivity contribution in [2.24, 2.45) is 0 Å². The molecule has 1 heterocycles. The molecule has 5 heteroatoms. The number of nitrogens with one attached hydrogen (secondary N) is 1. The van der Waals surface area contributed by atoms with Crippen molar-refractivity contribution < 1.29 is 9.53 Å². The minimum Gasteiger partial charge on any atom is -0.496 e. The van der Waals surface area contributed by atoms with Crippen molar-refractivity contribution >= 4 is 12.0 Å². The molecule has 0 spiro atoms. The molecule has 5 nitrogen and oxygen atoms in total. The summed E-state index contributed by atoms with van der Waals surface area (Å²) in [6.45, 7) is 2.30. The number of aromatic nitrogens is 1. The molecule has 1 N–H and O–H groups in total. The van der Waals surface area contributed by atoms with Crippen LogP contribution in [0.4, 0.5) is 0 Å². The van der Waals surface area contributed by atoms with Crippen LogP contribution in [0, 0.1) is 11.3 Å². The number of nitriles is 1. The highest BCUT2D eigenvalue weighted by atomic mass is 16.5. The Labute approximate surface area is 141 Å². The number of amides is 1. The van der Waals surface area contributed by atoms with Crippen molar-refractivity contribution in [1.82, 2.24) is 10.3 Å². The monoisotopic (exact) mass is 321 g/mol. The van der Waals surface area contributed by atoms with Gasteiger partial charge in [-0.15, -0.1) is 0 Å². The van der Waals surface area contributed by atoms with Gasteiger partial charge in [-0.2, -0.15) is 5.26 Å². The third-order valence-corrected chi connectivity index (χ3v) is 3.52. The van der Waals surface area contributed by atoms with Gasteiger partial charge in [0.2, 0.25) is 0 Å². The lowest BCUT2D eigenvalue weighted by molar-refractivity contribution is -0.117. The smallest absolute Gasteiger partial charge is 0.262 e. The Morgan fingerprint density at radius 2 is 2.21 bits per heavy atom. The molecule has 0 atom stereocenters. The van der Waals surface area contributed by atoms with Gasteiger partial charge in [0.05, 0.1) is 19.3 Å². The summed E-state index contributed by atoms with van der Waals surface area (Å²) in [5.41, 5.74) is 2.61. The van der Waals surface area contributed by atoms with E-state index in [-0.39, 0.29) is 12.1 Å². The van der Waals surface area contributed by atoms with Crippen LogP contribution >= 0.6 is 0 Å². The van der Waals surface area contributed by atoms with Crippen molar-refractivity contribution in [3.8, 4) is 11.8 Å². The van der Waals surface area contributed by atoms with Crippen LogP contribution in [-0.2, 0) is 17.8 Å². The molecule has 24 heavy (non-hydrogen) atoms. The number of hydrogen-bond donors (Lipinski definition) is 1. The van der Waals surface area contributed by atoms with Crippen LogP contribution in [0.25, 0.3) is 6.08 Å². The highest BCUT2D eigenvalue weighted by Crippen LogP contribution is 2.21. The lowest BCUT2D eigenvalue weighted by Gasteiger charge is -2.08. The summed E-state index contributed by atoms with van der Waals surface area (Å²) in [5.74, 6) is 0.379. The molecule has 122 valence electrons. The standard InChI is InChI=1S/C19H19N3O2/c1-3-15-10-14(7-8-18(15)24-2)11-16(12-20)19(23)22-13-17-6-4-5-9-21-17/h4-11H,3,13H2,1-2H3,(H,22,23)/b16-11+. The first-order valence-electron chi connectivity index (χ1n) is 7.64. The van der Waals surface area contributed by atoms with Gasteiger partial charge in [-0.05, 0) is 47.9 Å². The van der Waals surface area contributed by atoms with Gasteiger partial charge >= 0.3 is 0 Å². The van der Waals surface area contributed by atoms with E-state index in [0.717, 1.165) is 29.0 Å². The van der Waals surface area contributed by atoms with Crippen LogP contribution in [0.3, 0.4) is 0 Å². The Morgan fingerprint density at radius 1 is 1.38 bits per heavy atom. The van der Waals surface area contributed by atoms with E-state index < -0.39 is 5.91 Å². The summed E-state index contributed by atoms with van der Waals surface area (Å²) >= 11 is 0. The number of aryl methyl sites for hydroxylation is 1. The number of pyridine rings is 1. The fourth-order valence-electron chi connectivity index (χ4n) is 2.25. The number of hydrogen-bond acceptors (Lipinski definition) is 4. The summed E-state index contributed by atoms with van der Waals surface area (Å²) < 4.78 is 5.29. The molecule has 1 aromatic carbocycles. The molecule has 1 amide bonds. The number of rotatable bonds is 6. The van der Waals surface area contributed by atoms with E-state index in [1.165, 1.54) is 0 Å². The summed E-state index contributed by atoms with van der Waals surface area (Å²) in [4.78, 5) is 16.3. The Bertz CT molecular complexity index is 777. The van der Waals surface area contributed by atoms with Gasteiger partial charge in [-0.3, -0.25) is 9.78 Å². The van der Waals surface area contributed by atoms with Crippen LogP contribution in [0.5, 0.6) is 5.75 Å². The van der Waals surface area contributed by atoms with Gasteiger partial charge in [-0.25, -0.2) is 0 Å². The summed E-state index contributed by atoms with van der Waals surface area (Å²) in [6, 6.07) is 13.0. The Morgan fingerprint density at radius 3 is 2.83 bits per heavy atom. The van der Waals surface area contributed by atoms with Gasteiger partial charge in [0.15, 0.2) is 0 Å². The zero-order valence-corrected chi connectivity index (χ0v) is 13.7. The number of carbonyl (C=O) groups excluding carboxylic acids is 1. The third-order valence-electron chi connectivity index (χ3n) is 3.52. The van der Waals surface area contributed by atoms with Crippen LogP contribution in [-0.4, -0.2) is 18.0 Å². The molecule has 0 aliphatic rings. The minimum atomic E-state index is -0.419. The number of methoxy groups -OCH3 is 1.